The maximum atomic E-state index is 12.0. The Balaban J connectivity index is 2.47. The second-order valence-corrected chi connectivity index (χ2v) is 5.02. The van der Waals surface area contributed by atoms with Gasteiger partial charge in [0, 0.05) is 12.6 Å². The smallest absolute Gasteiger partial charge is 0.307 e. The van der Waals surface area contributed by atoms with Gasteiger partial charge in [0.2, 0.25) is 5.91 Å². The first kappa shape index (κ1) is 15.0. The fourth-order valence-electron chi connectivity index (χ4n) is 2.32. The molecule has 0 aromatic rings. The van der Waals surface area contributed by atoms with Crippen LogP contribution >= 0.6 is 0 Å². The molecule has 0 radical (unpaired) electrons. The molecule has 2 atom stereocenters. The molecule has 1 fully saturated rings. The number of rotatable bonds is 6. The second kappa shape index (κ2) is 6.73. The van der Waals surface area contributed by atoms with E-state index in [2.05, 4.69) is 19.2 Å². The van der Waals surface area contributed by atoms with E-state index in [4.69, 9.17) is 5.11 Å². The number of carbonyl (C=O) groups is 2. The van der Waals surface area contributed by atoms with Crippen LogP contribution in [0.2, 0.25) is 0 Å². The van der Waals surface area contributed by atoms with E-state index in [0.29, 0.717) is 19.5 Å². The van der Waals surface area contributed by atoms with Gasteiger partial charge in [-0.25, -0.2) is 0 Å². The van der Waals surface area contributed by atoms with Crippen LogP contribution in [0, 0.1) is 5.92 Å². The lowest BCUT2D eigenvalue weighted by atomic mass is 10.1. The Kier molecular flexibility index (Phi) is 5.59. The summed E-state index contributed by atoms with van der Waals surface area (Å²) >= 11 is 0. The van der Waals surface area contributed by atoms with E-state index in [-0.39, 0.29) is 23.9 Å². The highest BCUT2D eigenvalue weighted by Gasteiger charge is 2.33. The van der Waals surface area contributed by atoms with Crippen molar-refractivity contribution in [2.24, 2.45) is 5.92 Å². The first-order chi connectivity index (χ1) is 8.49. The van der Waals surface area contributed by atoms with E-state index in [1.807, 2.05) is 11.8 Å². The largest absolute Gasteiger partial charge is 0.481 e. The van der Waals surface area contributed by atoms with Crippen molar-refractivity contribution in [1.29, 1.82) is 0 Å². The van der Waals surface area contributed by atoms with Gasteiger partial charge in [0.05, 0.1) is 12.0 Å². The van der Waals surface area contributed by atoms with Crippen molar-refractivity contribution >= 4 is 11.9 Å². The maximum absolute atomic E-state index is 12.0. The number of carboxylic acid groups (broad SMARTS) is 1. The van der Waals surface area contributed by atoms with Crippen molar-refractivity contribution in [3.63, 3.8) is 0 Å². The highest BCUT2D eigenvalue weighted by atomic mass is 16.4. The first-order valence-corrected chi connectivity index (χ1v) is 6.76. The summed E-state index contributed by atoms with van der Waals surface area (Å²) in [5.41, 5.74) is 0. The number of amides is 1. The van der Waals surface area contributed by atoms with Gasteiger partial charge in [0.1, 0.15) is 0 Å². The standard InChI is InChI=1S/C13H24N2O3/c1-4-11(5-2)14-12(16)9(3)15-7-6-10(8-15)13(17)18/h9-11H,4-8H2,1-3H3,(H,14,16)(H,17,18). The third-order valence-corrected chi connectivity index (χ3v) is 3.83. The Labute approximate surface area is 109 Å². The third kappa shape index (κ3) is 3.70. The van der Waals surface area contributed by atoms with Gasteiger partial charge in [0.15, 0.2) is 0 Å². The lowest BCUT2D eigenvalue weighted by Crippen LogP contribution is -2.47. The summed E-state index contributed by atoms with van der Waals surface area (Å²) in [7, 11) is 0. The number of hydrogen-bond donors (Lipinski definition) is 2. The minimum atomic E-state index is -0.759. The molecule has 1 rings (SSSR count). The summed E-state index contributed by atoms with van der Waals surface area (Å²) in [5.74, 6) is -1.08. The molecule has 2 N–H and O–H groups in total. The Morgan fingerprint density at radius 2 is 2.00 bits per heavy atom. The van der Waals surface area contributed by atoms with Crippen LogP contribution < -0.4 is 5.32 Å². The average Bonchev–Trinajstić information content (AvgIpc) is 2.84. The molecular formula is C13H24N2O3. The molecule has 1 amide bonds. The molecule has 0 saturated carbocycles. The van der Waals surface area contributed by atoms with E-state index in [0.717, 1.165) is 12.8 Å². The molecule has 0 bridgehead atoms. The van der Waals surface area contributed by atoms with Gasteiger partial charge in [-0.15, -0.1) is 0 Å². The summed E-state index contributed by atoms with van der Waals surface area (Å²) in [6.45, 7) is 7.12. The minimum Gasteiger partial charge on any atom is -0.481 e. The summed E-state index contributed by atoms with van der Waals surface area (Å²) in [6, 6.07) is -0.0206. The van der Waals surface area contributed by atoms with Crippen LogP contribution in [0.5, 0.6) is 0 Å². The average molecular weight is 256 g/mol. The summed E-state index contributed by atoms with van der Waals surface area (Å²) in [4.78, 5) is 24.9. The van der Waals surface area contributed by atoms with Gasteiger partial charge in [-0.1, -0.05) is 13.8 Å². The molecule has 0 aliphatic carbocycles. The van der Waals surface area contributed by atoms with Crippen LogP contribution in [0.25, 0.3) is 0 Å². The number of nitrogens with one attached hydrogen (secondary N) is 1. The van der Waals surface area contributed by atoms with Gasteiger partial charge in [0.25, 0.3) is 0 Å². The Morgan fingerprint density at radius 3 is 2.44 bits per heavy atom. The number of carbonyl (C=O) groups excluding carboxylic acids is 1. The molecule has 0 spiro atoms. The fourth-order valence-corrected chi connectivity index (χ4v) is 2.32. The minimum absolute atomic E-state index is 0.00902. The molecule has 18 heavy (non-hydrogen) atoms. The monoisotopic (exact) mass is 256 g/mol. The molecule has 2 unspecified atom stereocenters. The number of aliphatic carboxylic acids is 1. The van der Waals surface area contributed by atoms with Gasteiger partial charge in [-0.05, 0) is 32.7 Å². The van der Waals surface area contributed by atoms with Crippen LogP contribution in [0.1, 0.15) is 40.0 Å². The fraction of sp³-hybridized carbons (Fsp3) is 0.846. The quantitative estimate of drug-likeness (QED) is 0.746. The maximum Gasteiger partial charge on any atom is 0.307 e. The Hall–Kier alpha value is -1.10. The van der Waals surface area contributed by atoms with Crippen LogP contribution in [0.3, 0.4) is 0 Å². The van der Waals surface area contributed by atoms with Crippen molar-refractivity contribution < 1.29 is 14.7 Å². The number of hydrogen-bond acceptors (Lipinski definition) is 3. The van der Waals surface area contributed by atoms with Crippen molar-refractivity contribution in [3.05, 3.63) is 0 Å². The Bertz CT molecular complexity index is 303. The molecule has 1 heterocycles. The molecule has 0 aromatic heterocycles. The van der Waals surface area contributed by atoms with Crippen molar-refractivity contribution in [1.82, 2.24) is 10.2 Å². The van der Waals surface area contributed by atoms with Crippen LogP contribution in [0.4, 0.5) is 0 Å². The van der Waals surface area contributed by atoms with Crippen LogP contribution in [0.15, 0.2) is 0 Å². The topological polar surface area (TPSA) is 69.6 Å². The third-order valence-electron chi connectivity index (χ3n) is 3.83. The molecule has 5 heteroatoms. The number of carboxylic acids is 1. The zero-order valence-electron chi connectivity index (χ0n) is 11.5. The lowest BCUT2D eigenvalue weighted by Gasteiger charge is -2.25. The van der Waals surface area contributed by atoms with E-state index >= 15 is 0 Å². The molecule has 1 aliphatic rings. The molecule has 104 valence electrons. The van der Waals surface area contributed by atoms with Gasteiger partial charge in [-0.3, -0.25) is 14.5 Å². The van der Waals surface area contributed by atoms with E-state index in [9.17, 15) is 9.59 Å². The van der Waals surface area contributed by atoms with Crippen molar-refractivity contribution in [2.75, 3.05) is 13.1 Å². The SMILES string of the molecule is CCC(CC)NC(=O)C(C)N1CCC(C(=O)O)C1. The molecule has 1 saturated heterocycles. The highest BCUT2D eigenvalue weighted by Crippen LogP contribution is 2.18. The van der Waals surface area contributed by atoms with E-state index < -0.39 is 5.97 Å². The normalized spacial score (nSPS) is 22.1. The molecule has 1 aliphatic heterocycles. The van der Waals surface area contributed by atoms with Crippen LogP contribution in [-0.4, -0.2) is 47.1 Å². The van der Waals surface area contributed by atoms with Crippen molar-refractivity contribution in [2.45, 2.75) is 52.1 Å². The van der Waals surface area contributed by atoms with Crippen molar-refractivity contribution in [3.8, 4) is 0 Å². The van der Waals surface area contributed by atoms with Gasteiger partial charge in [-0.2, -0.15) is 0 Å². The van der Waals surface area contributed by atoms with E-state index in [1.165, 1.54) is 0 Å². The van der Waals surface area contributed by atoms with Gasteiger partial charge < -0.3 is 10.4 Å². The summed E-state index contributed by atoms with van der Waals surface area (Å²) in [6.07, 6.45) is 2.48. The molecule has 5 nitrogen and oxygen atoms in total. The first-order valence-electron chi connectivity index (χ1n) is 6.76. The predicted octanol–water partition coefficient (Wildman–Crippen LogP) is 1.09. The summed E-state index contributed by atoms with van der Waals surface area (Å²) < 4.78 is 0. The summed E-state index contributed by atoms with van der Waals surface area (Å²) in [5, 5.41) is 12.0. The van der Waals surface area contributed by atoms with Crippen LogP contribution in [-0.2, 0) is 9.59 Å². The zero-order valence-corrected chi connectivity index (χ0v) is 11.5. The zero-order chi connectivity index (χ0) is 13.7. The highest BCUT2D eigenvalue weighted by molar-refractivity contribution is 5.81. The number of likely N-dealkylation sites (tertiary alicyclic amines) is 1. The molecule has 0 aromatic carbocycles. The lowest BCUT2D eigenvalue weighted by molar-refractivity contribution is -0.141. The van der Waals surface area contributed by atoms with E-state index in [1.54, 1.807) is 0 Å². The van der Waals surface area contributed by atoms with Gasteiger partial charge >= 0.3 is 5.97 Å². The second-order valence-electron chi connectivity index (χ2n) is 5.02. The Morgan fingerprint density at radius 1 is 1.39 bits per heavy atom. The predicted molar refractivity (Wildman–Crippen MR) is 69.3 cm³/mol. The number of nitrogens with zero attached hydrogens (tertiary/aromatic N) is 1. The molecular weight excluding hydrogens is 232 g/mol.